The molecule has 5 nitrogen and oxygen atoms in total. The average molecular weight is 193 g/mol. The summed E-state index contributed by atoms with van der Waals surface area (Å²) in [7, 11) is 0. The van der Waals surface area contributed by atoms with Crippen LogP contribution in [0.2, 0.25) is 0 Å². The van der Waals surface area contributed by atoms with Gasteiger partial charge in [-0.1, -0.05) is 17.0 Å². The Morgan fingerprint density at radius 1 is 1.50 bits per heavy atom. The Labute approximate surface area is 80.9 Å². The van der Waals surface area contributed by atoms with Gasteiger partial charge in [0.25, 0.3) is 0 Å². The quantitative estimate of drug-likeness (QED) is 0.758. The number of hydrogen-bond donors (Lipinski definition) is 1. The van der Waals surface area contributed by atoms with Gasteiger partial charge in [0.15, 0.2) is 0 Å². The zero-order valence-electron chi connectivity index (χ0n) is 7.79. The maximum absolute atomic E-state index is 9.04. The molecule has 1 heterocycles. The van der Waals surface area contributed by atoms with Crippen LogP contribution in [0, 0.1) is 0 Å². The summed E-state index contributed by atoms with van der Waals surface area (Å²) in [6.07, 6.45) is -0.516. The zero-order valence-corrected chi connectivity index (χ0v) is 7.79. The van der Waals surface area contributed by atoms with Crippen LogP contribution < -0.4 is 4.84 Å². The molecule has 74 valence electrons. The molecule has 0 saturated carbocycles. The van der Waals surface area contributed by atoms with E-state index >= 15 is 0 Å². The van der Waals surface area contributed by atoms with E-state index in [1.54, 1.807) is 6.92 Å². The average Bonchev–Trinajstić information content (AvgIpc) is 2.58. The second kappa shape index (κ2) is 3.63. The molecular formula is C9H11N3O2. The van der Waals surface area contributed by atoms with E-state index < -0.39 is 6.10 Å². The normalized spacial score (nSPS) is 13.0. The lowest BCUT2D eigenvalue weighted by Crippen LogP contribution is -2.22. The van der Waals surface area contributed by atoms with Gasteiger partial charge in [-0.05, 0) is 24.3 Å². The summed E-state index contributed by atoms with van der Waals surface area (Å²) in [5.74, 6) is 0. The second-order valence-corrected chi connectivity index (χ2v) is 3.10. The van der Waals surface area contributed by atoms with Crippen molar-refractivity contribution in [1.82, 2.24) is 15.2 Å². The highest BCUT2D eigenvalue weighted by molar-refractivity contribution is 5.73. The summed E-state index contributed by atoms with van der Waals surface area (Å²) < 4.78 is 0. The van der Waals surface area contributed by atoms with Crippen molar-refractivity contribution < 1.29 is 9.94 Å². The van der Waals surface area contributed by atoms with Crippen LogP contribution in [-0.4, -0.2) is 33.0 Å². The van der Waals surface area contributed by atoms with Crippen LogP contribution in [0.15, 0.2) is 24.3 Å². The molecule has 0 bridgehead atoms. The molecule has 0 amide bonds. The Balaban J connectivity index is 2.25. The second-order valence-electron chi connectivity index (χ2n) is 3.10. The van der Waals surface area contributed by atoms with Gasteiger partial charge in [-0.25, -0.2) is 0 Å². The summed E-state index contributed by atoms with van der Waals surface area (Å²) in [6.45, 7) is 1.85. The molecule has 0 radical (unpaired) electrons. The van der Waals surface area contributed by atoms with Crippen molar-refractivity contribution in [2.45, 2.75) is 13.0 Å². The van der Waals surface area contributed by atoms with E-state index in [9.17, 15) is 0 Å². The molecule has 2 aromatic rings. The molecule has 1 atom stereocenters. The summed E-state index contributed by atoms with van der Waals surface area (Å²) in [5, 5.41) is 16.7. The van der Waals surface area contributed by atoms with E-state index in [-0.39, 0.29) is 6.61 Å². The van der Waals surface area contributed by atoms with Gasteiger partial charge in [0.1, 0.15) is 17.6 Å². The number of para-hydroxylation sites is 1. The number of aliphatic hydroxyl groups is 1. The number of benzene rings is 1. The first-order valence-corrected chi connectivity index (χ1v) is 4.39. The van der Waals surface area contributed by atoms with Gasteiger partial charge in [-0.15, -0.1) is 5.10 Å². The predicted molar refractivity (Wildman–Crippen MR) is 50.7 cm³/mol. The van der Waals surface area contributed by atoms with Crippen LogP contribution >= 0.6 is 0 Å². The third-order valence-electron chi connectivity index (χ3n) is 1.76. The first kappa shape index (κ1) is 8.96. The Morgan fingerprint density at radius 3 is 3.07 bits per heavy atom. The lowest BCUT2D eigenvalue weighted by atomic mass is 10.3. The topological polar surface area (TPSA) is 60.2 Å². The van der Waals surface area contributed by atoms with Crippen molar-refractivity contribution in [2.24, 2.45) is 0 Å². The highest BCUT2D eigenvalue weighted by atomic mass is 16.7. The molecule has 0 aliphatic heterocycles. The summed E-state index contributed by atoms with van der Waals surface area (Å²) in [5.41, 5.74) is 1.58. The number of fused-ring (bicyclic) bond motifs is 1. The summed E-state index contributed by atoms with van der Waals surface area (Å²) in [6, 6.07) is 7.48. The minimum atomic E-state index is -0.516. The SMILES string of the molecule is C[C@H](O)COn1nnc2ccccc21. The first-order valence-electron chi connectivity index (χ1n) is 4.39. The third-order valence-corrected chi connectivity index (χ3v) is 1.76. The lowest BCUT2D eigenvalue weighted by Gasteiger charge is -2.06. The molecule has 0 spiro atoms. The van der Waals surface area contributed by atoms with Crippen LogP contribution in [0.3, 0.4) is 0 Å². The minimum absolute atomic E-state index is 0.202. The van der Waals surface area contributed by atoms with Gasteiger partial charge in [0.2, 0.25) is 0 Å². The van der Waals surface area contributed by atoms with Crippen LogP contribution in [-0.2, 0) is 0 Å². The molecule has 0 saturated heterocycles. The van der Waals surface area contributed by atoms with E-state index in [1.165, 1.54) is 4.85 Å². The fraction of sp³-hybridized carbons (Fsp3) is 0.333. The van der Waals surface area contributed by atoms with E-state index in [0.29, 0.717) is 0 Å². The van der Waals surface area contributed by atoms with Crippen LogP contribution in [0.4, 0.5) is 0 Å². The third kappa shape index (κ3) is 1.67. The van der Waals surface area contributed by atoms with Crippen molar-refractivity contribution in [1.29, 1.82) is 0 Å². The first-order chi connectivity index (χ1) is 6.77. The molecule has 5 heteroatoms. The van der Waals surface area contributed by atoms with Crippen molar-refractivity contribution in [3.63, 3.8) is 0 Å². The zero-order chi connectivity index (χ0) is 9.97. The minimum Gasteiger partial charge on any atom is -0.392 e. The molecule has 14 heavy (non-hydrogen) atoms. The van der Waals surface area contributed by atoms with Gasteiger partial charge in [0.05, 0.1) is 6.10 Å². The highest BCUT2D eigenvalue weighted by Crippen LogP contribution is 2.07. The fourth-order valence-electron chi connectivity index (χ4n) is 1.12. The van der Waals surface area contributed by atoms with Crippen molar-refractivity contribution in [2.75, 3.05) is 6.61 Å². The number of rotatable bonds is 3. The van der Waals surface area contributed by atoms with Crippen molar-refractivity contribution in [3.8, 4) is 0 Å². The van der Waals surface area contributed by atoms with E-state index in [4.69, 9.17) is 9.94 Å². The molecule has 0 aliphatic carbocycles. The van der Waals surface area contributed by atoms with Crippen molar-refractivity contribution in [3.05, 3.63) is 24.3 Å². The van der Waals surface area contributed by atoms with Crippen LogP contribution in [0.5, 0.6) is 0 Å². The van der Waals surface area contributed by atoms with Gasteiger partial charge in [0, 0.05) is 0 Å². The number of aliphatic hydroxyl groups excluding tert-OH is 1. The molecule has 1 N–H and O–H groups in total. The smallest absolute Gasteiger partial charge is 0.142 e. The van der Waals surface area contributed by atoms with E-state index in [2.05, 4.69) is 10.3 Å². The van der Waals surface area contributed by atoms with E-state index in [1.807, 2.05) is 24.3 Å². The fourth-order valence-corrected chi connectivity index (χ4v) is 1.12. The summed E-state index contributed by atoms with van der Waals surface area (Å²) >= 11 is 0. The van der Waals surface area contributed by atoms with Crippen molar-refractivity contribution >= 4 is 11.0 Å². The molecule has 0 unspecified atom stereocenters. The Hall–Kier alpha value is -1.62. The predicted octanol–water partition coefficient (Wildman–Crippen LogP) is 0.241. The van der Waals surface area contributed by atoms with Gasteiger partial charge >= 0.3 is 0 Å². The molecular weight excluding hydrogens is 182 g/mol. The highest BCUT2D eigenvalue weighted by Gasteiger charge is 2.04. The lowest BCUT2D eigenvalue weighted by molar-refractivity contribution is 0.0222. The Bertz CT molecular complexity index is 425. The van der Waals surface area contributed by atoms with Crippen LogP contribution in [0.25, 0.3) is 11.0 Å². The van der Waals surface area contributed by atoms with Gasteiger partial charge in [-0.3, -0.25) is 0 Å². The molecule has 0 aliphatic rings. The van der Waals surface area contributed by atoms with Crippen LogP contribution in [0.1, 0.15) is 6.92 Å². The van der Waals surface area contributed by atoms with Gasteiger partial charge < -0.3 is 9.94 Å². The number of aromatic nitrogens is 3. The Kier molecular flexibility index (Phi) is 2.32. The largest absolute Gasteiger partial charge is 0.392 e. The molecule has 2 rings (SSSR count). The summed E-state index contributed by atoms with van der Waals surface area (Å²) in [4.78, 5) is 6.54. The molecule has 1 aromatic heterocycles. The molecule has 1 aromatic carbocycles. The maximum Gasteiger partial charge on any atom is 0.142 e. The Morgan fingerprint density at radius 2 is 2.29 bits per heavy atom. The van der Waals surface area contributed by atoms with Gasteiger partial charge in [-0.2, -0.15) is 0 Å². The molecule has 0 fully saturated rings. The number of hydrogen-bond acceptors (Lipinski definition) is 4. The monoisotopic (exact) mass is 193 g/mol. The standard InChI is InChI=1S/C9H11N3O2/c1-7(13)6-14-12-9-5-3-2-4-8(9)10-11-12/h2-5,7,13H,6H2,1H3/t7-/m0/s1. The van der Waals surface area contributed by atoms with E-state index in [0.717, 1.165) is 11.0 Å². The number of nitrogens with zero attached hydrogens (tertiary/aromatic N) is 3. The maximum atomic E-state index is 9.04.